The molecule has 3 aromatic rings. The van der Waals surface area contributed by atoms with Crippen molar-refractivity contribution in [3.8, 4) is 11.3 Å². The van der Waals surface area contributed by atoms with Gasteiger partial charge >= 0.3 is 0 Å². The minimum atomic E-state index is 0.146. The minimum Gasteiger partial charge on any atom is -0.352 e. The van der Waals surface area contributed by atoms with Crippen molar-refractivity contribution in [3.05, 3.63) is 76.8 Å². The molecule has 1 aromatic heterocycles. The normalized spacial score (nSPS) is 14.1. The summed E-state index contributed by atoms with van der Waals surface area (Å²) >= 11 is 5.91. The van der Waals surface area contributed by atoms with E-state index in [0.717, 1.165) is 35.7 Å². The molecule has 29 heavy (non-hydrogen) atoms. The molecule has 1 aliphatic rings. The standard InChI is InChI=1S/C23H23ClN4O/c1-17-4-2-3-5-20(17)21-10-11-22(26-25-21)27-12-14-28(15-13-27)23(29)16-18-6-8-19(24)9-7-18/h2-11H,12-16H2,1H3. The summed E-state index contributed by atoms with van der Waals surface area (Å²) in [4.78, 5) is 16.7. The van der Waals surface area contributed by atoms with Crippen LogP contribution in [0.15, 0.2) is 60.7 Å². The molecular formula is C23H23ClN4O. The van der Waals surface area contributed by atoms with Gasteiger partial charge in [-0.15, -0.1) is 10.2 Å². The molecule has 6 heteroatoms. The summed E-state index contributed by atoms with van der Waals surface area (Å²) in [6, 6.07) is 19.7. The van der Waals surface area contributed by atoms with Crippen LogP contribution in [0.4, 0.5) is 5.82 Å². The van der Waals surface area contributed by atoms with Gasteiger partial charge in [-0.1, -0.05) is 48.0 Å². The van der Waals surface area contributed by atoms with Crippen LogP contribution in [-0.4, -0.2) is 47.2 Å². The van der Waals surface area contributed by atoms with Crippen molar-refractivity contribution < 1.29 is 4.79 Å². The molecule has 4 rings (SSSR count). The number of benzene rings is 2. The van der Waals surface area contributed by atoms with Crippen molar-refractivity contribution in [1.82, 2.24) is 15.1 Å². The molecule has 0 atom stereocenters. The molecule has 2 heterocycles. The number of piperazine rings is 1. The summed E-state index contributed by atoms with van der Waals surface area (Å²) in [5.74, 6) is 1.00. The van der Waals surface area contributed by atoms with Gasteiger partial charge in [0.15, 0.2) is 5.82 Å². The zero-order valence-electron chi connectivity index (χ0n) is 16.4. The fourth-order valence-electron chi connectivity index (χ4n) is 3.57. The lowest BCUT2D eigenvalue weighted by molar-refractivity contribution is -0.130. The Morgan fingerprint density at radius 1 is 0.931 bits per heavy atom. The number of amides is 1. The Kier molecular flexibility index (Phi) is 5.76. The average Bonchev–Trinajstić information content (AvgIpc) is 2.76. The summed E-state index contributed by atoms with van der Waals surface area (Å²) in [6.07, 6.45) is 0.405. The Morgan fingerprint density at radius 2 is 1.66 bits per heavy atom. The van der Waals surface area contributed by atoms with E-state index < -0.39 is 0 Å². The van der Waals surface area contributed by atoms with Gasteiger partial charge in [-0.25, -0.2) is 0 Å². The highest BCUT2D eigenvalue weighted by atomic mass is 35.5. The number of nitrogens with zero attached hydrogens (tertiary/aromatic N) is 4. The Morgan fingerprint density at radius 3 is 2.31 bits per heavy atom. The molecule has 0 bridgehead atoms. The smallest absolute Gasteiger partial charge is 0.227 e. The first-order valence-electron chi connectivity index (χ1n) is 9.77. The van der Waals surface area contributed by atoms with Crippen molar-refractivity contribution in [2.24, 2.45) is 0 Å². The van der Waals surface area contributed by atoms with E-state index in [1.54, 1.807) is 0 Å². The van der Waals surface area contributed by atoms with Crippen LogP contribution in [0, 0.1) is 6.92 Å². The number of anilines is 1. The third-order valence-corrected chi connectivity index (χ3v) is 5.55. The summed E-state index contributed by atoms with van der Waals surface area (Å²) in [6.45, 7) is 4.96. The van der Waals surface area contributed by atoms with Crippen LogP contribution in [0.5, 0.6) is 0 Å². The summed E-state index contributed by atoms with van der Waals surface area (Å²) < 4.78 is 0. The van der Waals surface area contributed by atoms with Gasteiger partial charge < -0.3 is 9.80 Å². The highest BCUT2D eigenvalue weighted by Crippen LogP contribution is 2.22. The quantitative estimate of drug-likeness (QED) is 0.657. The zero-order chi connectivity index (χ0) is 20.2. The van der Waals surface area contributed by atoms with Gasteiger partial charge in [-0.05, 0) is 42.3 Å². The number of hydrogen-bond donors (Lipinski definition) is 0. The predicted molar refractivity (Wildman–Crippen MR) is 116 cm³/mol. The zero-order valence-corrected chi connectivity index (χ0v) is 17.1. The van der Waals surface area contributed by atoms with Gasteiger partial charge in [0.25, 0.3) is 0 Å². The highest BCUT2D eigenvalue weighted by molar-refractivity contribution is 6.30. The maximum atomic E-state index is 12.6. The second kappa shape index (κ2) is 8.62. The van der Waals surface area contributed by atoms with Crippen molar-refractivity contribution in [1.29, 1.82) is 0 Å². The fraction of sp³-hybridized carbons (Fsp3) is 0.261. The molecule has 5 nitrogen and oxygen atoms in total. The van der Waals surface area contributed by atoms with E-state index in [0.29, 0.717) is 24.5 Å². The number of aromatic nitrogens is 2. The predicted octanol–water partition coefficient (Wildman–Crippen LogP) is 4.00. The molecule has 148 valence electrons. The van der Waals surface area contributed by atoms with Crippen molar-refractivity contribution >= 4 is 23.3 Å². The molecule has 1 fully saturated rings. The van der Waals surface area contributed by atoms with E-state index in [4.69, 9.17) is 11.6 Å². The second-order valence-corrected chi connectivity index (χ2v) is 7.70. The summed E-state index contributed by atoms with van der Waals surface area (Å²) in [5, 5.41) is 9.53. The Balaban J connectivity index is 1.35. The maximum Gasteiger partial charge on any atom is 0.227 e. The van der Waals surface area contributed by atoms with E-state index in [-0.39, 0.29) is 5.91 Å². The van der Waals surface area contributed by atoms with E-state index in [1.807, 2.05) is 53.4 Å². The fourth-order valence-corrected chi connectivity index (χ4v) is 3.70. The summed E-state index contributed by atoms with van der Waals surface area (Å²) in [7, 11) is 0. The van der Waals surface area contributed by atoms with Crippen molar-refractivity contribution in [2.75, 3.05) is 31.1 Å². The third kappa shape index (κ3) is 4.57. The van der Waals surface area contributed by atoms with Gasteiger partial charge in [0.05, 0.1) is 12.1 Å². The van der Waals surface area contributed by atoms with Crippen LogP contribution >= 0.6 is 11.6 Å². The highest BCUT2D eigenvalue weighted by Gasteiger charge is 2.22. The molecule has 0 aliphatic carbocycles. The molecule has 1 saturated heterocycles. The molecule has 0 radical (unpaired) electrons. The maximum absolute atomic E-state index is 12.6. The van der Waals surface area contributed by atoms with Crippen LogP contribution in [0.2, 0.25) is 5.02 Å². The van der Waals surface area contributed by atoms with Crippen molar-refractivity contribution in [2.45, 2.75) is 13.3 Å². The van der Waals surface area contributed by atoms with E-state index in [2.05, 4.69) is 34.2 Å². The molecule has 0 N–H and O–H groups in total. The molecule has 1 amide bonds. The van der Waals surface area contributed by atoms with E-state index in [1.165, 1.54) is 5.56 Å². The van der Waals surface area contributed by atoms with Gasteiger partial charge in [-0.3, -0.25) is 4.79 Å². The lowest BCUT2D eigenvalue weighted by atomic mass is 10.1. The SMILES string of the molecule is Cc1ccccc1-c1ccc(N2CCN(C(=O)Cc3ccc(Cl)cc3)CC2)nn1. The lowest BCUT2D eigenvalue weighted by Gasteiger charge is -2.35. The lowest BCUT2D eigenvalue weighted by Crippen LogP contribution is -2.49. The number of rotatable bonds is 4. The largest absolute Gasteiger partial charge is 0.352 e. The topological polar surface area (TPSA) is 49.3 Å². The molecule has 2 aromatic carbocycles. The second-order valence-electron chi connectivity index (χ2n) is 7.26. The van der Waals surface area contributed by atoms with Crippen LogP contribution in [0.25, 0.3) is 11.3 Å². The number of carbonyl (C=O) groups is 1. The number of carbonyl (C=O) groups excluding carboxylic acids is 1. The Hall–Kier alpha value is -2.92. The van der Waals surface area contributed by atoms with Crippen LogP contribution in [-0.2, 0) is 11.2 Å². The van der Waals surface area contributed by atoms with Gasteiger partial charge in [0.2, 0.25) is 5.91 Å². The van der Waals surface area contributed by atoms with Gasteiger partial charge in [0.1, 0.15) is 0 Å². The molecule has 0 spiro atoms. The summed E-state index contributed by atoms with van der Waals surface area (Å²) in [5.41, 5.74) is 4.15. The van der Waals surface area contributed by atoms with Crippen LogP contribution in [0.3, 0.4) is 0 Å². The van der Waals surface area contributed by atoms with Crippen LogP contribution < -0.4 is 4.90 Å². The van der Waals surface area contributed by atoms with Gasteiger partial charge in [0, 0.05) is 36.8 Å². The number of halogens is 1. The van der Waals surface area contributed by atoms with Crippen LogP contribution in [0.1, 0.15) is 11.1 Å². The molecule has 1 aliphatic heterocycles. The average molecular weight is 407 g/mol. The first kappa shape index (κ1) is 19.4. The molecular weight excluding hydrogens is 384 g/mol. The third-order valence-electron chi connectivity index (χ3n) is 5.30. The van der Waals surface area contributed by atoms with Gasteiger partial charge in [-0.2, -0.15) is 0 Å². The Labute approximate surface area is 175 Å². The Bertz CT molecular complexity index is 981. The monoisotopic (exact) mass is 406 g/mol. The first-order valence-corrected chi connectivity index (χ1v) is 10.1. The van der Waals surface area contributed by atoms with E-state index >= 15 is 0 Å². The molecule has 0 unspecified atom stereocenters. The van der Waals surface area contributed by atoms with Crippen molar-refractivity contribution in [3.63, 3.8) is 0 Å². The number of hydrogen-bond acceptors (Lipinski definition) is 4. The molecule has 0 saturated carbocycles. The first-order chi connectivity index (χ1) is 14.1. The minimum absolute atomic E-state index is 0.146. The number of aryl methyl sites for hydroxylation is 1. The van der Waals surface area contributed by atoms with E-state index in [9.17, 15) is 4.79 Å².